The summed E-state index contributed by atoms with van der Waals surface area (Å²) in [5, 5.41) is 18.8. The Bertz CT molecular complexity index is 539. The Morgan fingerprint density at radius 2 is 2.09 bits per heavy atom. The van der Waals surface area contributed by atoms with Gasteiger partial charge in [0.25, 0.3) is 0 Å². The standard InChI is InChI=1S/C16H22N2O4/c1-16(2,3)22-15(21)18-13(14(19)20)9-11-5-4-6-12(10-17)8-7-11/h5-8,10,13,17H,4,9H2,1-3H3,(H,18,21)(H,19,20). The minimum absolute atomic E-state index is 0.157. The van der Waals surface area contributed by atoms with Crippen LogP contribution in [0, 0.1) is 5.41 Å². The third-order valence-corrected chi connectivity index (χ3v) is 2.82. The molecular weight excluding hydrogens is 284 g/mol. The predicted molar refractivity (Wildman–Crippen MR) is 84.1 cm³/mol. The lowest BCUT2D eigenvalue weighted by molar-refractivity contribution is -0.139. The Labute approximate surface area is 130 Å². The van der Waals surface area contributed by atoms with Gasteiger partial charge in [0, 0.05) is 12.6 Å². The van der Waals surface area contributed by atoms with Crippen LogP contribution in [0.5, 0.6) is 0 Å². The van der Waals surface area contributed by atoms with Gasteiger partial charge in [-0.1, -0.05) is 24.3 Å². The van der Waals surface area contributed by atoms with Crippen LogP contribution in [0.1, 0.15) is 33.6 Å². The number of carbonyl (C=O) groups excluding carboxylic acids is 1. The highest BCUT2D eigenvalue weighted by molar-refractivity contribution is 5.81. The van der Waals surface area contributed by atoms with Gasteiger partial charge in [0.15, 0.2) is 0 Å². The Morgan fingerprint density at radius 3 is 2.64 bits per heavy atom. The molecule has 1 amide bonds. The van der Waals surface area contributed by atoms with Crippen molar-refractivity contribution in [3.05, 3.63) is 35.5 Å². The van der Waals surface area contributed by atoms with Crippen LogP contribution in [0.3, 0.4) is 0 Å². The number of rotatable bonds is 5. The van der Waals surface area contributed by atoms with Crippen LogP contribution in [0.25, 0.3) is 0 Å². The fourth-order valence-corrected chi connectivity index (χ4v) is 1.83. The van der Waals surface area contributed by atoms with Crippen molar-refractivity contribution >= 4 is 18.3 Å². The van der Waals surface area contributed by atoms with Crippen molar-refractivity contribution in [3.8, 4) is 0 Å². The highest BCUT2D eigenvalue weighted by Gasteiger charge is 2.24. The van der Waals surface area contributed by atoms with E-state index < -0.39 is 23.7 Å². The van der Waals surface area contributed by atoms with Gasteiger partial charge in [-0.15, -0.1) is 0 Å². The van der Waals surface area contributed by atoms with Crippen LogP contribution in [-0.2, 0) is 9.53 Å². The second-order valence-electron chi connectivity index (χ2n) is 5.94. The molecule has 1 aliphatic carbocycles. The molecule has 0 aliphatic heterocycles. The lowest BCUT2D eigenvalue weighted by Crippen LogP contribution is -2.43. The van der Waals surface area contributed by atoms with E-state index in [2.05, 4.69) is 5.32 Å². The summed E-state index contributed by atoms with van der Waals surface area (Å²) in [4.78, 5) is 23.0. The maximum Gasteiger partial charge on any atom is 0.408 e. The molecule has 1 unspecified atom stereocenters. The lowest BCUT2D eigenvalue weighted by atomic mass is 10.1. The van der Waals surface area contributed by atoms with E-state index in [4.69, 9.17) is 10.1 Å². The number of aliphatic carboxylic acids is 1. The second kappa shape index (κ2) is 7.59. The molecule has 3 N–H and O–H groups in total. The molecule has 0 spiro atoms. The van der Waals surface area contributed by atoms with E-state index in [1.54, 1.807) is 32.9 Å². The fourth-order valence-electron chi connectivity index (χ4n) is 1.83. The zero-order valence-electron chi connectivity index (χ0n) is 13.1. The topological polar surface area (TPSA) is 99.5 Å². The first-order chi connectivity index (χ1) is 10.2. The van der Waals surface area contributed by atoms with Gasteiger partial charge in [-0.05, 0) is 38.3 Å². The number of allylic oxidation sites excluding steroid dienone is 5. The van der Waals surface area contributed by atoms with E-state index >= 15 is 0 Å². The molecular formula is C16H22N2O4. The third-order valence-electron chi connectivity index (χ3n) is 2.82. The number of carboxylic acid groups (broad SMARTS) is 1. The van der Waals surface area contributed by atoms with Gasteiger partial charge in [-0.25, -0.2) is 9.59 Å². The average Bonchev–Trinajstić information content (AvgIpc) is 2.60. The van der Waals surface area contributed by atoms with Gasteiger partial charge in [0.2, 0.25) is 0 Å². The second-order valence-corrected chi connectivity index (χ2v) is 5.94. The number of ether oxygens (including phenoxy) is 1. The van der Waals surface area contributed by atoms with E-state index in [1.807, 2.05) is 12.2 Å². The normalized spacial score (nSPS) is 16.0. The zero-order valence-corrected chi connectivity index (χ0v) is 13.1. The molecule has 120 valence electrons. The van der Waals surface area contributed by atoms with E-state index in [0.29, 0.717) is 6.42 Å². The molecule has 0 saturated carbocycles. The summed E-state index contributed by atoms with van der Waals surface area (Å²) in [6.45, 7) is 5.14. The van der Waals surface area contributed by atoms with E-state index in [-0.39, 0.29) is 6.42 Å². The Morgan fingerprint density at radius 1 is 1.41 bits per heavy atom. The first kappa shape index (κ1) is 17.7. The Balaban J connectivity index is 2.70. The molecule has 0 heterocycles. The highest BCUT2D eigenvalue weighted by atomic mass is 16.6. The number of hydrogen-bond donors (Lipinski definition) is 3. The highest BCUT2D eigenvalue weighted by Crippen LogP contribution is 2.15. The van der Waals surface area contributed by atoms with Gasteiger partial charge in [0.05, 0.1) is 0 Å². The van der Waals surface area contributed by atoms with E-state index in [0.717, 1.165) is 11.1 Å². The molecule has 0 saturated heterocycles. The van der Waals surface area contributed by atoms with Gasteiger partial charge in [-0.2, -0.15) is 0 Å². The maximum atomic E-state index is 11.7. The van der Waals surface area contributed by atoms with Crippen LogP contribution in [0.15, 0.2) is 35.5 Å². The van der Waals surface area contributed by atoms with E-state index in [9.17, 15) is 14.7 Å². The molecule has 1 rings (SSSR count). The molecule has 0 aromatic carbocycles. The number of hydrogen-bond acceptors (Lipinski definition) is 4. The lowest BCUT2D eigenvalue weighted by Gasteiger charge is -2.22. The molecule has 0 bridgehead atoms. The van der Waals surface area contributed by atoms with Gasteiger partial charge >= 0.3 is 12.1 Å². The van der Waals surface area contributed by atoms with Gasteiger partial charge < -0.3 is 20.6 Å². The summed E-state index contributed by atoms with van der Waals surface area (Å²) >= 11 is 0. The maximum absolute atomic E-state index is 11.7. The zero-order chi connectivity index (χ0) is 16.8. The van der Waals surface area contributed by atoms with E-state index in [1.165, 1.54) is 6.21 Å². The van der Waals surface area contributed by atoms with Crippen molar-refractivity contribution in [1.82, 2.24) is 5.32 Å². The molecule has 0 fully saturated rings. The summed E-state index contributed by atoms with van der Waals surface area (Å²) < 4.78 is 5.08. The Hall–Kier alpha value is -2.37. The summed E-state index contributed by atoms with van der Waals surface area (Å²) in [5.41, 5.74) is 0.868. The summed E-state index contributed by atoms with van der Waals surface area (Å²) in [6, 6.07) is -1.06. The van der Waals surface area contributed by atoms with Crippen LogP contribution in [-0.4, -0.2) is 35.0 Å². The number of amides is 1. The predicted octanol–water partition coefficient (Wildman–Crippen LogP) is 2.82. The SMILES string of the molecule is CC(C)(C)OC(=O)NC(CC1=CCC=C(C=N)C=C1)C(=O)O. The minimum Gasteiger partial charge on any atom is -0.480 e. The molecule has 6 heteroatoms. The monoisotopic (exact) mass is 306 g/mol. The van der Waals surface area contributed by atoms with Crippen LogP contribution >= 0.6 is 0 Å². The quantitative estimate of drug-likeness (QED) is 0.680. The molecule has 0 aromatic heterocycles. The van der Waals surface area contributed by atoms with Crippen molar-refractivity contribution < 1.29 is 19.4 Å². The summed E-state index contributed by atoms with van der Waals surface area (Å²) in [5.74, 6) is -1.12. The number of carbonyl (C=O) groups is 2. The fraction of sp³-hybridized carbons (Fsp3) is 0.438. The Kier molecular flexibility index (Phi) is 6.10. The third kappa shape index (κ3) is 6.39. The molecule has 1 atom stereocenters. The first-order valence-electron chi connectivity index (χ1n) is 7.01. The summed E-state index contributed by atoms with van der Waals surface area (Å²) in [7, 11) is 0. The molecule has 1 aliphatic rings. The molecule has 22 heavy (non-hydrogen) atoms. The van der Waals surface area contributed by atoms with Crippen molar-refractivity contribution in [2.24, 2.45) is 0 Å². The number of carboxylic acids is 1. The van der Waals surface area contributed by atoms with Crippen molar-refractivity contribution in [1.29, 1.82) is 5.41 Å². The van der Waals surface area contributed by atoms with Crippen LogP contribution < -0.4 is 5.32 Å². The van der Waals surface area contributed by atoms with Gasteiger partial charge in [-0.3, -0.25) is 0 Å². The number of nitrogens with one attached hydrogen (secondary N) is 2. The molecule has 0 aromatic rings. The largest absolute Gasteiger partial charge is 0.480 e. The smallest absolute Gasteiger partial charge is 0.408 e. The first-order valence-corrected chi connectivity index (χ1v) is 7.01. The minimum atomic E-state index is -1.12. The van der Waals surface area contributed by atoms with Crippen LogP contribution in [0.4, 0.5) is 4.79 Å². The summed E-state index contributed by atoms with van der Waals surface area (Å²) in [6.07, 6.45) is 8.51. The average molecular weight is 306 g/mol. The molecule has 0 radical (unpaired) electrons. The molecule has 6 nitrogen and oxygen atoms in total. The van der Waals surface area contributed by atoms with Crippen molar-refractivity contribution in [3.63, 3.8) is 0 Å². The van der Waals surface area contributed by atoms with Crippen molar-refractivity contribution in [2.75, 3.05) is 0 Å². The number of alkyl carbamates (subject to hydrolysis) is 1. The van der Waals surface area contributed by atoms with Gasteiger partial charge in [0.1, 0.15) is 11.6 Å². The van der Waals surface area contributed by atoms with Crippen LogP contribution in [0.2, 0.25) is 0 Å². The van der Waals surface area contributed by atoms with Crippen molar-refractivity contribution in [2.45, 2.75) is 45.3 Å².